The third-order valence-electron chi connectivity index (χ3n) is 2.93. The first-order valence-corrected chi connectivity index (χ1v) is 5.59. The van der Waals surface area contributed by atoms with Crippen molar-refractivity contribution in [2.45, 2.75) is 25.3 Å². The number of hydrogen-bond acceptors (Lipinski definition) is 3. The van der Waals surface area contributed by atoms with E-state index in [9.17, 15) is 4.79 Å². The van der Waals surface area contributed by atoms with Gasteiger partial charge in [0.25, 0.3) is 0 Å². The fourth-order valence-electron chi connectivity index (χ4n) is 1.87. The molecule has 90 valence electrons. The molecule has 1 aromatic rings. The molecule has 1 aromatic carbocycles. The van der Waals surface area contributed by atoms with Crippen molar-refractivity contribution < 1.29 is 14.7 Å². The highest BCUT2D eigenvalue weighted by Gasteiger charge is 2.35. The Morgan fingerprint density at radius 3 is 2.71 bits per heavy atom. The Hall–Kier alpha value is -1.81. The van der Waals surface area contributed by atoms with Crippen LogP contribution in [0.4, 0.5) is 0 Å². The highest BCUT2D eigenvalue weighted by atomic mass is 16.7. The van der Waals surface area contributed by atoms with Crippen molar-refractivity contribution >= 4 is 11.7 Å². The van der Waals surface area contributed by atoms with Crippen LogP contribution >= 0.6 is 0 Å². The molecule has 2 N–H and O–H groups in total. The zero-order valence-corrected chi connectivity index (χ0v) is 9.64. The van der Waals surface area contributed by atoms with Gasteiger partial charge in [0.1, 0.15) is 0 Å². The summed E-state index contributed by atoms with van der Waals surface area (Å²) in [5.41, 5.74) is 3.17. The van der Waals surface area contributed by atoms with Crippen LogP contribution in [0.3, 0.4) is 0 Å². The molecular formula is C13H15NO3. The summed E-state index contributed by atoms with van der Waals surface area (Å²) in [7, 11) is 0. The quantitative estimate of drug-likeness (QED) is 0.837. The molecule has 0 aromatic heterocycles. The maximum Gasteiger partial charge on any atom is 0.305 e. The Labute approximate surface area is 99.9 Å². The van der Waals surface area contributed by atoms with Gasteiger partial charge in [-0.15, -0.1) is 5.48 Å². The van der Waals surface area contributed by atoms with Crippen LogP contribution in [0.2, 0.25) is 0 Å². The highest BCUT2D eigenvalue weighted by Crippen LogP contribution is 2.30. The van der Waals surface area contributed by atoms with Crippen molar-refractivity contribution in [2.24, 2.45) is 0 Å². The lowest BCUT2D eigenvalue weighted by atomic mass is 9.92. The van der Waals surface area contributed by atoms with Gasteiger partial charge in [0.2, 0.25) is 0 Å². The molecule has 1 aliphatic rings. The van der Waals surface area contributed by atoms with Crippen molar-refractivity contribution in [1.82, 2.24) is 5.48 Å². The molecule has 17 heavy (non-hydrogen) atoms. The van der Waals surface area contributed by atoms with Gasteiger partial charge in [-0.3, -0.25) is 4.79 Å². The van der Waals surface area contributed by atoms with Crippen molar-refractivity contribution in [3.63, 3.8) is 0 Å². The van der Waals surface area contributed by atoms with Gasteiger partial charge in [-0.1, -0.05) is 37.3 Å². The summed E-state index contributed by atoms with van der Waals surface area (Å²) in [6.07, 6.45) is 2.53. The Morgan fingerprint density at radius 1 is 1.41 bits per heavy atom. The number of hydrogen-bond donors (Lipinski definition) is 2. The molecule has 1 unspecified atom stereocenters. The van der Waals surface area contributed by atoms with Gasteiger partial charge in [-0.25, -0.2) is 0 Å². The molecule has 2 rings (SSSR count). The first-order valence-electron chi connectivity index (χ1n) is 5.59. The van der Waals surface area contributed by atoms with Crippen molar-refractivity contribution in [2.75, 3.05) is 0 Å². The molecule has 0 fully saturated rings. The number of carbonyl (C=O) groups is 1. The first kappa shape index (κ1) is 11.7. The lowest BCUT2D eigenvalue weighted by molar-refractivity contribution is -0.139. The minimum Gasteiger partial charge on any atom is -0.481 e. The van der Waals surface area contributed by atoms with Crippen molar-refractivity contribution in [3.05, 3.63) is 42.0 Å². The van der Waals surface area contributed by atoms with E-state index in [2.05, 4.69) is 5.48 Å². The molecule has 0 saturated carbocycles. The summed E-state index contributed by atoms with van der Waals surface area (Å²) >= 11 is 0. The number of rotatable bonds is 4. The molecule has 1 heterocycles. The Bertz CT molecular complexity index is 441. The zero-order chi connectivity index (χ0) is 12.3. The molecule has 0 radical (unpaired) electrons. The van der Waals surface area contributed by atoms with Crippen LogP contribution < -0.4 is 5.48 Å². The number of aliphatic carboxylic acids is 1. The summed E-state index contributed by atoms with van der Waals surface area (Å²) in [6.45, 7) is 1.93. The van der Waals surface area contributed by atoms with Crippen LogP contribution in [0.1, 0.15) is 25.3 Å². The molecule has 1 aliphatic heterocycles. The second kappa shape index (κ2) is 4.59. The van der Waals surface area contributed by atoms with E-state index in [0.717, 1.165) is 5.56 Å². The largest absolute Gasteiger partial charge is 0.481 e. The van der Waals surface area contributed by atoms with Gasteiger partial charge in [-0.05, 0) is 12.5 Å². The Balaban J connectivity index is 2.25. The fraction of sp³-hybridized carbons (Fsp3) is 0.308. The van der Waals surface area contributed by atoms with E-state index in [-0.39, 0.29) is 6.42 Å². The lowest BCUT2D eigenvalue weighted by Crippen LogP contribution is -2.40. The maximum atomic E-state index is 10.8. The first-order chi connectivity index (χ1) is 8.15. The van der Waals surface area contributed by atoms with E-state index in [1.807, 2.05) is 43.3 Å². The van der Waals surface area contributed by atoms with Gasteiger partial charge < -0.3 is 9.94 Å². The number of benzene rings is 1. The monoisotopic (exact) mass is 233 g/mol. The number of hydroxylamine groups is 1. The van der Waals surface area contributed by atoms with Gasteiger partial charge in [0.05, 0.1) is 12.0 Å². The standard InChI is InChI=1S/C13H15NO3/c1-2-13(9-12(15)16)8-11(17-14-13)10-6-4-3-5-7-10/h3-8,14H,2,9H2,1H3,(H,15,16). The lowest BCUT2D eigenvalue weighted by Gasteiger charge is -2.21. The summed E-state index contributed by atoms with van der Waals surface area (Å²) in [6, 6.07) is 9.63. The van der Waals surface area contributed by atoms with Crippen molar-refractivity contribution in [3.8, 4) is 0 Å². The van der Waals surface area contributed by atoms with E-state index in [0.29, 0.717) is 12.2 Å². The number of nitrogens with one attached hydrogen (secondary N) is 1. The molecule has 4 heteroatoms. The van der Waals surface area contributed by atoms with E-state index in [1.165, 1.54) is 0 Å². The summed E-state index contributed by atoms with van der Waals surface area (Å²) in [4.78, 5) is 16.2. The van der Waals surface area contributed by atoms with E-state index >= 15 is 0 Å². The highest BCUT2D eigenvalue weighted by molar-refractivity contribution is 5.71. The molecular weight excluding hydrogens is 218 g/mol. The van der Waals surface area contributed by atoms with E-state index in [4.69, 9.17) is 9.94 Å². The van der Waals surface area contributed by atoms with Crippen LogP contribution in [0, 0.1) is 0 Å². The van der Waals surface area contributed by atoms with Crippen LogP contribution in [0.5, 0.6) is 0 Å². The SMILES string of the molecule is CCC1(CC(=O)O)C=C(c2ccccc2)ON1. The van der Waals surface area contributed by atoms with E-state index < -0.39 is 11.5 Å². The average molecular weight is 233 g/mol. The average Bonchev–Trinajstić information content (AvgIpc) is 2.74. The fourth-order valence-corrected chi connectivity index (χ4v) is 1.87. The van der Waals surface area contributed by atoms with Crippen LogP contribution in [-0.4, -0.2) is 16.6 Å². The zero-order valence-electron chi connectivity index (χ0n) is 9.64. The molecule has 0 spiro atoms. The van der Waals surface area contributed by atoms with Gasteiger partial charge in [0, 0.05) is 5.56 Å². The van der Waals surface area contributed by atoms with Crippen LogP contribution in [0.15, 0.2) is 36.4 Å². The van der Waals surface area contributed by atoms with Gasteiger partial charge in [-0.2, -0.15) is 0 Å². The second-order valence-electron chi connectivity index (χ2n) is 4.16. The maximum absolute atomic E-state index is 10.8. The summed E-state index contributed by atoms with van der Waals surface area (Å²) < 4.78 is 0. The topological polar surface area (TPSA) is 58.6 Å². The van der Waals surface area contributed by atoms with Gasteiger partial charge in [0.15, 0.2) is 5.76 Å². The molecule has 4 nitrogen and oxygen atoms in total. The number of carboxylic acid groups (broad SMARTS) is 1. The second-order valence-corrected chi connectivity index (χ2v) is 4.16. The third-order valence-corrected chi connectivity index (χ3v) is 2.93. The van der Waals surface area contributed by atoms with Crippen LogP contribution in [0.25, 0.3) is 5.76 Å². The van der Waals surface area contributed by atoms with Gasteiger partial charge >= 0.3 is 5.97 Å². The van der Waals surface area contributed by atoms with Crippen molar-refractivity contribution in [1.29, 1.82) is 0 Å². The summed E-state index contributed by atoms with van der Waals surface area (Å²) in [5.74, 6) is -0.151. The normalized spacial score (nSPS) is 23.0. The predicted octanol–water partition coefficient (Wildman–Crippen LogP) is 2.19. The number of carboxylic acids is 1. The molecule has 0 aliphatic carbocycles. The minimum atomic E-state index is -0.839. The molecule has 0 amide bonds. The Morgan fingerprint density at radius 2 is 2.12 bits per heavy atom. The summed E-state index contributed by atoms with van der Waals surface area (Å²) in [5, 5.41) is 8.90. The molecule has 1 atom stereocenters. The molecule has 0 saturated heterocycles. The smallest absolute Gasteiger partial charge is 0.305 e. The predicted molar refractivity (Wildman–Crippen MR) is 63.9 cm³/mol. The van der Waals surface area contributed by atoms with E-state index in [1.54, 1.807) is 0 Å². The Kier molecular flexibility index (Phi) is 3.15. The third kappa shape index (κ3) is 2.47. The molecule has 0 bridgehead atoms. The van der Waals surface area contributed by atoms with Crippen LogP contribution in [-0.2, 0) is 9.63 Å². The minimum absolute atomic E-state index is 0.0137.